The summed E-state index contributed by atoms with van der Waals surface area (Å²) < 4.78 is 6.30. The van der Waals surface area contributed by atoms with Crippen LogP contribution in [0.25, 0.3) is 0 Å². The Bertz CT molecular complexity index is 323. The molecule has 2 N–H and O–H groups in total. The van der Waals surface area contributed by atoms with Crippen molar-refractivity contribution in [1.82, 2.24) is 0 Å². The van der Waals surface area contributed by atoms with Gasteiger partial charge in [0.15, 0.2) is 0 Å². The van der Waals surface area contributed by atoms with Gasteiger partial charge in [0.05, 0.1) is 11.6 Å². The van der Waals surface area contributed by atoms with E-state index >= 15 is 0 Å². The van der Waals surface area contributed by atoms with E-state index < -0.39 is 0 Å². The van der Waals surface area contributed by atoms with Crippen molar-refractivity contribution in [3.63, 3.8) is 0 Å². The van der Waals surface area contributed by atoms with Crippen molar-refractivity contribution >= 4 is 15.9 Å². The van der Waals surface area contributed by atoms with Crippen molar-refractivity contribution in [3.8, 4) is 5.75 Å². The second-order valence-corrected chi connectivity index (χ2v) is 3.83. The van der Waals surface area contributed by atoms with Crippen LogP contribution in [0.1, 0.15) is 16.7 Å². The highest BCUT2D eigenvalue weighted by atomic mass is 79.9. The molecule has 0 spiro atoms. The van der Waals surface area contributed by atoms with E-state index in [9.17, 15) is 0 Å². The molecule has 0 radical (unpaired) electrons. The molecular weight excluding hydrogens is 230 g/mol. The molecule has 1 aromatic carbocycles. The average Bonchev–Trinajstić information content (AvgIpc) is 2.10. The molecule has 13 heavy (non-hydrogen) atoms. The Kier molecular flexibility index (Phi) is 3.33. The third-order valence-corrected chi connectivity index (χ3v) is 3.12. The third-order valence-electron chi connectivity index (χ3n) is 2.14. The second-order valence-electron chi connectivity index (χ2n) is 3.04. The van der Waals surface area contributed by atoms with Gasteiger partial charge in [-0.15, -0.1) is 0 Å². The average molecular weight is 244 g/mol. The Balaban J connectivity index is 3.41. The molecule has 0 fully saturated rings. The zero-order chi connectivity index (χ0) is 10.0. The topological polar surface area (TPSA) is 35.2 Å². The highest BCUT2D eigenvalue weighted by Crippen LogP contribution is 2.33. The zero-order valence-electron chi connectivity index (χ0n) is 8.15. The van der Waals surface area contributed by atoms with Crippen LogP contribution in [0.15, 0.2) is 10.5 Å². The lowest BCUT2D eigenvalue weighted by Gasteiger charge is -2.13. The summed E-state index contributed by atoms with van der Waals surface area (Å²) in [6.45, 7) is 4.60. The van der Waals surface area contributed by atoms with Crippen LogP contribution in [0.3, 0.4) is 0 Å². The predicted molar refractivity (Wildman–Crippen MR) is 58.1 cm³/mol. The molecule has 0 heterocycles. The van der Waals surface area contributed by atoms with Crippen LogP contribution >= 0.6 is 15.9 Å². The first kappa shape index (κ1) is 10.5. The Morgan fingerprint density at radius 1 is 1.38 bits per heavy atom. The van der Waals surface area contributed by atoms with Crippen molar-refractivity contribution in [2.24, 2.45) is 5.73 Å². The normalized spacial score (nSPS) is 10.2. The van der Waals surface area contributed by atoms with E-state index in [2.05, 4.69) is 22.0 Å². The van der Waals surface area contributed by atoms with Gasteiger partial charge in [0.1, 0.15) is 5.75 Å². The Morgan fingerprint density at radius 2 is 2.00 bits per heavy atom. The maximum atomic E-state index is 5.65. The maximum absolute atomic E-state index is 5.65. The fourth-order valence-corrected chi connectivity index (χ4v) is 1.95. The second kappa shape index (κ2) is 4.11. The number of aryl methyl sites for hydroxylation is 2. The van der Waals surface area contributed by atoms with Crippen molar-refractivity contribution in [2.45, 2.75) is 20.4 Å². The lowest BCUT2D eigenvalue weighted by atomic mass is 10.0. The highest BCUT2D eigenvalue weighted by Gasteiger charge is 2.11. The maximum Gasteiger partial charge on any atom is 0.138 e. The molecule has 0 saturated heterocycles. The Hall–Kier alpha value is -0.540. The van der Waals surface area contributed by atoms with Crippen LogP contribution in [0.4, 0.5) is 0 Å². The van der Waals surface area contributed by atoms with E-state index in [1.54, 1.807) is 7.11 Å². The number of rotatable bonds is 2. The number of methoxy groups -OCH3 is 1. The first-order valence-corrected chi connectivity index (χ1v) is 4.93. The highest BCUT2D eigenvalue weighted by molar-refractivity contribution is 9.10. The molecule has 0 saturated carbocycles. The fourth-order valence-electron chi connectivity index (χ4n) is 1.43. The summed E-state index contributed by atoms with van der Waals surface area (Å²) in [5.41, 5.74) is 9.07. The number of hydrogen-bond donors (Lipinski definition) is 1. The molecule has 3 heteroatoms. The van der Waals surface area contributed by atoms with E-state index in [0.717, 1.165) is 15.8 Å². The summed E-state index contributed by atoms with van der Waals surface area (Å²) in [5.74, 6) is 0.861. The standard InChI is InChI=1S/C10H14BrNO/c1-6-4-7(2)9(11)10(13-3)8(6)5-12/h4H,5,12H2,1-3H3. The molecule has 72 valence electrons. The zero-order valence-corrected chi connectivity index (χ0v) is 9.73. The summed E-state index contributed by atoms with van der Waals surface area (Å²) in [5, 5.41) is 0. The molecule has 0 aliphatic rings. The molecule has 1 aromatic rings. The fraction of sp³-hybridized carbons (Fsp3) is 0.400. The van der Waals surface area contributed by atoms with E-state index in [0.29, 0.717) is 6.54 Å². The van der Waals surface area contributed by atoms with Gasteiger partial charge in [0.25, 0.3) is 0 Å². The first-order valence-electron chi connectivity index (χ1n) is 4.14. The van der Waals surface area contributed by atoms with Gasteiger partial charge in [-0.1, -0.05) is 6.07 Å². The van der Waals surface area contributed by atoms with Gasteiger partial charge in [0.2, 0.25) is 0 Å². The van der Waals surface area contributed by atoms with Crippen molar-refractivity contribution < 1.29 is 4.74 Å². The molecular formula is C10H14BrNO. The summed E-state index contributed by atoms with van der Waals surface area (Å²) in [6.07, 6.45) is 0. The molecule has 0 unspecified atom stereocenters. The van der Waals surface area contributed by atoms with Gasteiger partial charge in [-0.25, -0.2) is 0 Å². The van der Waals surface area contributed by atoms with Crippen LogP contribution in [-0.2, 0) is 6.54 Å². The van der Waals surface area contributed by atoms with Crippen molar-refractivity contribution in [1.29, 1.82) is 0 Å². The van der Waals surface area contributed by atoms with Crippen LogP contribution in [0, 0.1) is 13.8 Å². The molecule has 0 atom stereocenters. The molecule has 0 aliphatic carbocycles. The van der Waals surface area contributed by atoms with E-state index in [4.69, 9.17) is 10.5 Å². The molecule has 0 amide bonds. The van der Waals surface area contributed by atoms with Crippen LogP contribution in [0.2, 0.25) is 0 Å². The number of hydrogen-bond acceptors (Lipinski definition) is 2. The van der Waals surface area contributed by atoms with Gasteiger partial charge < -0.3 is 10.5 Å². The largest absolute Gasteiger partial charge is 0.495 e. The lowest BCUT2D eigenvalue weighted by Crippen LogP contribution is -2.04. The molecule has 2 nitrogen and oxygen atoms in total. The third kappa shape index (κ3) is 1.86. The number of benzene rings is 1. The van der Waals surface area contributed by atoms with Crippen LogP contribution in [-0.4, -0.2) is 7.11 Å². The van der Waals surface area contributed by atoms with Gasteiger partial charge in [-0.05, 0) is 40.9 Å². The van der Waals surface area contributed by atoms with Gasteiger partial charge in [0, 0.05) is 12.1 Å². The molecule has 0 aromatic heterocycles. The molecule has 0 bridgehead atoms. The summed E-state index contributed by atoms with van der Waals surface area (Å²) in [7, 11) is 1.66. The summed E-state index contributed by atoms with van der Waals surface area (Å²) in [4.78, 5) is 0. The number of ether oxygens (including phenoxy) is 1. The first-order chi connectivity index (χ1) is 6.11. The van der Waals surface area contributed by atoms with E-state index in [1.807, 2.05) is 13.8 Å². The minimum absolute atomic E-state index is 0.508. The van der Waals surface area contributed by atoms with Crippen molar-refractivity contribution in [2.75, 3.05) is 7.11 Å². The number of nitrogens with two attached hydrogens (primary N) is 1. The lowest BCUT2D eigenvalue weighted by molar-refractivity contribution is 0.406. The van der Waals surface area contributed by atoms with Crippen LogP contribution in [0.5, 0.6) is 5.75 Å². The SMILES string of the molecule is COc1c(Br)c(C)cc(C)c1CN. The minimum atomic E-state index is 0.508. The molecule has 1 rings (SSSR count). The Labute approximate surface area is 87.2 Å². The molecule has 0 aliphatic heterocycles. The van der Waals surface area contributed by atoms with Crippen LogP contribution < -0.4 is 10.5 Å². The minimum Gasteiger partial charge on any atom is -0.495 e. The Morgan fingerprint density at radius 3 is 2.46 bits per heavy atom. The summed E-state index contributed by atoms with van der Waals surface area (Å²) in [6, 6.07) is 2.11. The van der Waals surface area contributed by atoms with Gasteiger partial charge in [-0.3, -0.25) is 0 Å². The smallest absolute Gasteiger partial charge is 0.138 e. The van der Waals surface area contributed by atoms with E-state index in [1.165, 1.54) is 11.1 Å². The number of halogens is 1. The predicted octanol–water partition coefficient (Wildman–Crippen LogP) is 2.53. The van der Waals surface area contributed by atoms with Gasteiger partial charge in [-0.2, -0.15) is 0 Å². The van der Waals surface area contributed by atoms with E-state index in [-0.39, 0.29) is 0 Å². The summed E-state index contributed by atoms with van der Waals surface area (Å²) >= 11 is 3.49. The quantitative estimate of drug-likeness (QED) is 0.867. The van der Waals surface area contributed by atoms with Crippen molar-refractivity contribution in [3.05, 3.63) is 27.2 Å². The van der Waals surface area contributed by atoms with Gasteiger partial charge >= 0.3 is 0 Å². The monoisotopic (exact) mass is 243 g/mol.